The number of hydrogen-bond donors (Lipinski definition) is 0. The number of hydrogen-bond acceptors (Lipinski definition) is 3. The second-order valence-electron chi connectivity index (χ2n) is 6.65. The molecule has 3 nitrogen and oxygen atoms in total. The third-order valence-corrected chi connectivity index (χ3v) is 5.01. The summed E-state index contributed by atoms with van der Waals surface area (Å²) in [4.78, 5) is 12.3. The fourth-order valence-electron chi connectivity index (χ4n) is 3.35. The summed E-state index contributed by atoms with van der Waals surface area (Å²) in [6.45, 7) is 8.87. The first-order valence-electron chi connectivity index (χ1n) is 7.23. The fourth-order valence-corrected chi connectivity index (χ4v) is 4.39. The predicted octanol–water partition coefficient (Wildman–Crippen LogP) is 3.13. The van der Waals surface area contributed by atoms with Crippen molar-refractivity contribution in [2.75, 3.05) is 13.7 Å². The molecule has 2 aliphatic rings. The summed E-state index contributed by atoms with van der Waals surface area (Å²) in [5.41, 5.74) is 0.576. The van der Waals surface area contributed by atoms with Crippen LogP contribution < -0.4 is 0 Å². The van der Waals surface area contributed by atoms with E-state index in [0.717, 1.165) is 24.2 Å². The molecule has 2 atom stereocenters. The van der Waals surface area contributed by atoms with Crippen LogP contribution in [0.2, 0.25) is 19.6 Å². The Balaban J connectivity index is 2.36. The Morgan fingerprint density at radius 3 is 2.70 bits per heavy atom. The second kappa shape index (κ2) is 5.38. The van der Waals surface area contributed by atoms with Gasteiger partial charge in [0.2, 0.25) is 8.32 Å². The summed E-state index contributed by atoms with van der Waals surface area (Å²) >= 11 is 0. The van der Waals surface area contributed by atoms with Crippen LogP contribution in [0.3, 0.4) is 0 Å². The Morgan fingerprint density at radius 1 is 1.45 bits per heavy atom. The van der Waals surface area contributed by atoms with Gasteiger partial charge in [0.05, 0.1) is 5.76 Å². The zero-order valence-corrected chi connectivity index (χ0v) is 14.1. The molecule has 0 saturated heterocycles. The molecule has 2 fully saturated rings. The molecule has 2 unspecified atom stereocenters. The highest BCUT2D eigenvalue weighted by atomic mass is 28.4. The molecule has 110 valence electrons. The quantitative estimate of drug-likeness (QED) is 0.455. The predicted molar refractivity (Wildman–Crippen MR) is 81.6 cm³/mol. The number of rotatable bonds is 3. The zero-order valence-electron chi connectivity index (χ0n) is 13.1. The van der Waals surface area contributed by atoms with Crippen LogP contribution >= 0.6 is 0 Å². The maximum Gasteiger partial charge on any atom is 0.241 e. The highest BCUT2D eigenvalue weighted by Crippen LogP contribution is 2.58. The largest absolute Gasteiger partial charge is 0.548 e. The molecule has 0 aromatic rings. The number of methoxy groups -OCH3 is 1. The Labute approximate surface area is 122 Å². The van der Waals surface area contributed by atoms with Crippen molar-refractivity contribution in [3.8, 4) is 11.8 Å². The monoisotopic (exact) mass is 292 g/mol. The molecule has 0 aromatic carbocycles. The van der Waals surface area contributed by atoms with Crippen molar-refractivity contribution in [3.63, 3.8) is 0 Å². The maximum absolute atomic E-state index is 12.3. The molecule has 0 heterocycles. The van der Waals surface area contributed by atoms with E-state index < -0.39 is 13.7 Å². The van der Waals surface area contributed by atoms with Gasteiger partial charge in [-0.3, -0.25) is 4.79 Å². The Morgan fingerprint density at radius 2 is 2.15 bits per heavy atom. The minimum Gasteiger partial charge on any atom is -0.548 e. The lowest BCUT2D eigenvalue weighted by atomic mass is 9.59. The lowest BCUT2D eigenvalue weighted by Gasteiger charge is -2.40. The zero-order chi connectivity index (χ0) is 15.0. The van der Waals surface area contributed by atoms with Gasteiger partial charge in [0.25, 0.3) is 0 Å². The Bertz CT molecular complexity index is 504. The van der Waals surface area contributed by atoms with Crippen LogP contribution in [0.4, 0.5) is 0 Å². The van der Waals surface area contributed by atoms with Crippen LogP contribution in [0.1, 0.15) is 26.2 Å². The molecule has 20 heavy (non-hydrogen) atoms. The summed E-state index contributed by atoms with van der Waals surface area (Å²) < 4.78 is 11.1. The fraction of sp³-hybridized carbons (Fsp3) is 0.688. The van der Waals surface area contributed by atoms with Gasteiger partial charge in [-0.25, -0.2) is 0 Å². The molecule has 0 amide bonds. The Kier molecular flexibility index (Phi) is 4.13. The maximum atomic E-state index is 12.3. The molecule has 2 aliphatic carbocycles. The average Bonchev–Trinajstić information content (AvgIpc) is 2.61. The molecule has 0 spiro atoms. The summed E-state index contributed by atoms with van der Waals surface area (Å²) in [5.74, 6) is 7.80. The smallest absolute Gasteiger partial charge is 0.241 e. The lowest BCUT2D eigenvalue weighted by molar-refractivity contribution is -0.135. The molecule has 0 aromatic heterocycles. The van der Waals surface area contributed by atoms with E-state index in [0.29, 0.717) is 18.9 Å². The number of carbonyl (C=O) groups excluding carboxylic acids is 1. The topological polar surface area (TPSA) is 35.5 Å². The summed E-state index contributed by atoms with van der Waals surface area (Å²) in [6, 6.07) is 0. The SMILES string of the molecule is COCC#CC12C(=O)CC1CC/C2=C(/C)O[Si](C)(C)C. The second-order valence-corrected chi connectivity index (χ2v) is 11.1. The van der Waals surface area contributed by atoms with Gasteiger partial charge in [-0.05, 0) is 50.9 Å². The molecule has 2 saturated carbocycles. The van der Waals surface area contributed by atoms with E-state index in [1.165, 1.54) is 0 Å². The molecule has 0 radical (unpaired) electrons. The highest BCUT2D eigenvalue weighted by molar-refractivity contribution is 6.70. The van der Waals surface area contributed by atoms with Gasteiger partial charge in [-0.1, -0.05) is 11.8 Å². The summed E-state index contributed by atoms with van der Waals surface area (Å²) in [7, 11) is -0.0281. The van der Waals surface area contributed by atoms with Gasteiger partial charge >= 0.3 is 0 Å². The number of carbonyl (C=O) groups is 1. The summed E-state index contributed by atoms with van der Waals surface area (Å²) in [5, 5.41) is 0. The lowest BCUT2D eigenvalue weighted by Crippen LogP contribution is -2.47. The third-order valence-electron chi connectivity index (χ3n) is 4.09. The van der Waals surface area contributed by atoms with Gasteiger partial charge in [0.15, 0.2) is 5.78 Å². The molecule has 0 aliphatic heterocycles. The number of ketones is 1. The molecular formula is C16H24O3Si. The molecule has 4 heteroatoms. The van der Waals surface area contributed by atoms with Gasteiger partial charge in [0.1, 0.15) is 12.0 Å². The van der Waals surface area contributed by atoms with Crippen LogP contribution in [0.5, 0.6) is 0 Å². The van der Waals surface area contributed by atoms with Crippen molar-refractivity contribution < 1.29 is 14.0 Å². The normalized spacial score (nSPS) is 31.1. The van der Waals surface area contributed by atoms with Crippen molar-refractivity contribution in [3.05, 3.63) is 11.3 Å². The first-order chi connectivity index (χ1) is 9.31. The Hall–Kier alpha value is -1.05. The van der Waals surface area contributed by atoms with Crippen LogP contribution in [-0.4, -0.2) is 27.8 Å². The van der Waals surface area contributed by atoms with Gasteiger partial charge in [0, 0.05) is 13.5 Å². The van der Waals surface area contributed by atoms with Crippen LogP contribution in [-0.2, 0) is 14.0 Å². The van der Waals surface area contributed by atoms with E-state index in [1.54, 1.807) is 7.11 Å². The number of ether oxygens (including phenoxy) is 1. The minimum absolute atomic E-state index is 0.261. The van der Waals surface area contributed by atoms with E-state index in [9.17, 15) is 4.79 Å². The van der Waals surface area contributed by atoms with Crippen molar-refractivity contribution in [2.24, 2.45) is 11.3 Å². The highest BCUT2D eigenvalue weighted by Gasteiger charge is 2.60. The van der Waals surface area contributed by atoms with E-state index >= 15 is 0 Å². The molecular weight excluding hydrogens is 268 g/mol. The first-order valence-corrected chi connectivity index (χ1v) is 10.6. The number of allylic oxidation sites excluding steroid dienone is 2. The third kappa shape index (κ3) is 2.57. The molecule has 0 bridgehead atoms. The van der Waals surface area contributed by atoms with E-state index in [-0.39, 0.29) is 5.78 Å². The first kappa shape index (κ1) is 15.3. The number of fused-ring (bicyclic) bond motifs is 1. The number of Topliss-reactive ketones (excluding diaryl/α,β-unsaturated/α-hetero) is 1. The van der Waals surface area contributed by atoms with Gasteiger partial charge < -0.3 is 9.16 Å². The van der Waals surface area contributed by atoms with Crippen LogP contribution in [0.25, 0.3) is 0 Å². The van der Waals surface area contributed by atoms with E-state index in [2.05, 4.69) is 31.5 Å². The van der Waals surface area contributed by atoms with Crippen molar-refractivity contribution in [2.45, 2.75) is 45.8 Å². The van der Waals surface area contributed by atoms with Crippen LogP contribution in [0, 0.1) is 23.2 Å². The standard InChI is InChI=1S/C16H24O3Si/c1-12(19-20(3,4)5)14-8-7-13-11-15(17)16(13,14)9-6-10-18-2/h13H,7-8,10-11H2,1-5H3/b14-12+. The minimum atomic E-state index is -1.65. The van der Waals surface area contributed by atoms with Crippen molar-refractivity contribution in [1.29, 1.82) is 0 Å². The van der Waals surface area contributed by atoms with Gasteiger partial charge in [-0.15, -0.1) is 0 Å². The van der Waals surface area contributed by atoms with E-state index in [4.69, 9.17) is 9.16 Å². The molecule has 2 rings (SSSR count). The van der Waals surface area contributed by atoms with Crippen molar-refractivity contribution in [1.82, 2.24) is 0 Å². The van der Waals surface area contributed by atoms with Gasteiger partial charge in [-0.2, -0.15) is 0 Å². The summed E-state index contributed by atoms with van der Waals surface area (Å²) in [6.07, 6.45) is 2.66. The molecule has 0 N–H and O–H groups in total. The van der Waals surface area contributed by atoms with Crippen LogP contribution in [0.15, 0.2) is 11.3 Å². The average molecular weight is 292 g/mol. The van der Waals surface area contributed by atoms with E-state index in [1.807, 2.05) is 6.92 Å². The van der Waals surface area contributed by atoms with Crippen molar-refractivity contribution >= 4 is 14.1 Å².